The van der Waals surface area contributed by atoms with E-state index in [1.807, 2.05) is 0 Å². The summed E-state index contributed by atoms with van der Waals surface area (Å²) in [5.41, 5.74) is 5.08. The molecule has 1 heterocycles. The van der Waals surface area contributed by atoms with Gasteiger partial charge >= 0.3 is 0 Å². The number of fused-ring (bicyclic) bond motifs is 1. The Morgan fingerprint density at radius 2 is 2.12 bits per heavy atom. The topological polar surface area (TPSA) is 32.9 Å². The quantitative estimate of drug-likeness (QED) is 0.854. The highest BCUT2D eigenvalue weighted by Gasteiger charge is 2.10. The lowest BCUT2D eigenvalue weighted by Gasteiger charge is -2.01. The molecular weight excluding hydrogens is 210 g/mol. The fourth-order valence-electron chi connectivity index (χ4n) is 2.38. The van der Waals surface area contributed by atoms with E-state index in [4.69, 9.17) is 0 Å². The molecule has 0 unspecified atom stereocenters. The molecule has 0 aliphatic heterocycles. The van der Waals surface area contributed by atoms with Crippen molar-refractivity contribution in [2.45, 2.75) is 40.0 Å². The number of benzene rings is 1. The van der Waals surface area contributed by atoms with Crippen LogP contribution in [0, 0.1) is 6.92 Å². The first-order valence-corrected chi connectivity index (χ1v) is 6.22. The van der Waals surface area contributed by atoms with E-state index in [9.17, 15) is 4.79 Å². The molecule has 0 saturated heterocycles. The normalized spacial score (nSPS) is 11.0. The Kier molecular flexibility index (Phi) is 3.32. The molecule has 0 fully saturated rings. The first-order chi connectivity index (χ1) is 8.13. The number of H-pyrrole nitrogens is 1. The number of aromatic nitrogens is 1. The molecule has 2 heteroatoms. The van der Waals surface area contributed by atoms with Crippen molar-refractivity contribution in [1.29, 1.82) is 0 Å². The van der Waals surface area contributed by atoms with Crippen molar-refractivity contribution in [3.05, 3.63) is 35.0 Å². The number of aryl methyl sites for hydroxylation is 3. The minimum Gasteiger partial charge on any atom is -0.358 e. The molecule has 0 aliphatic carbocycles. The highest BCUT2D eigenvalue weighted by molar-refractivity contribution is 5.88. The smallest absolute Gasteiger partial charge is 0.130 e. The Labute approximate surface area is 102 Å². The second kappa shape index (κ2) is 4.74. The highest BCUT2D eigenvalue weighted by Crippen LogP contribution is 2.26. The average molecular weight is 229 g/mol. The van der Waals surface area contributed by atoms with E-state index in [0.717, 1.165) is 12.8 Å². The SMILES string of the molecule is CCc1cccc2c(CCC(C)=O)c(C)[nH]c12. The van der Waals surface area contributed by atoms with Crippen LogP contribution in [0.15, 0.2) is 18.2 Å². The Hall–Kier alpha value is -1.57. The van der Waals surface area contributed by atoms with E-state index in [0.29, 0.717) is 6.42 Å². The van der Waals surface area contributed by atoms with Gasteiger partial charge in [-0.25, -0.2) is 0 Å². The fraction of sp³-hybridized carbons (Fsp3) is 0.400. The Morgan fingerprint density at radius 1 is 1.35 bits per heavy atom. The van der Waals surface area contributed by atoms with Gasteiger partial charge in [-0.05, 0) is 37.8 Å². The Balaban J connectivity index is 2.48. The first-order valence-electron chi connectivity index (χ1n) is 6.22. The van der Waals surface area contributed by atoms with Gasteiger partial charge in [0.15, 0.2) is 0 Å². The van der Waals surface area contributed by atoms with Gasteiger partial charge in [0.25, 0.3) is 0 Å². The van der Waals surface area contributed by atoms with Crippen molar-refractivity contribution >= 4 is 16.7 Å². The summed E-state index contributed by atoms with van der Waals surface area (Å²) in [7, 11) is 0. The highest BCUT2D eigenvalue weighted by atomic mass is 16.1. The van der Waals surface area contributed by atoms with E-state index < -0.39 is 0 Å². The van der Waals surface area contributed by atoms with Gasteiger partial charge in [-0.1, -0.05) is 25.1 Å². The predicted molar refractivity (Wildman–Crippen MR) is 71.4 cm³/mol. The van der Waals surface area contributed by atoms with Crippen LogP contribution in [-0.4, -0.2) is 10.8 Å². The molecule has 0 spiro atoms. The minimum absolute atomic E-state index is 0.255. The van der Waals surface area contributed by atoms with Crippen molar-refractivity contribution in [2.75, 3.05) is 0 Å². The number of para-hydroxylation sites is 1. The van der Waals surface area contributed by atoms with Crippen LogP contribution in [-0.2, 0) is 17.6 Å². The maximum absolute atomic E-state index is 11.1. The largest absolute Gasteiger partial charge is 0.358 e. The zero-order valence-corrected chi connectivity index (χ0v) is 10.8. The molecular formula is C15H19NO. The molecule has 0 radical (unpaired) electrons. The summed E-state index contributed by atoms with van der Waals surface area (Å²) in [4.78, 5) is 14.6. The van der Waals surface area contributed by atoms with E-state index in [-0.39, 0.29) is 5.78 Å². The first kappa shape index (κ1) is 11.9. The summed E-state index contributed by atoms with van der Waals surface area (Å²) >= 11 is 0. The molecule has 90 valence electrons. The zero-order valence-electron chi connectivity index (χ0n) is 10.8. The maximum atomic E-state index is 11.1. The molecule has 17 heavy (non-hydrogen) atoms. The van der Waals surface area contributed by atoms with Crippen LogP contribution >= 0.6 is 0 Å². The van der Waals surface area contributed by atoms with Crippen LogP contribution in [0.3, 0.4) is 0 Å². The van der Waals surface area contributed by atoms with Crippen LogP contribution in [0.5, 0.6) is 0 Å². The van der Waals surface area contributed by atoms with Crippen LogP contribution in [0.25, 0.3) is 10.9 Å². The standard InChI is InChI=1S/C15H19NO/c1-4-12-6-5-7-14-13(9-8-10(2)17)11(3)16-15(12)14/h5-7,16H,4,8-9H2,1-3H3. The molecule has 0 saturated carbocycles. The number of hydrogen-bond donors (Lipinski definition) is 1. The fourth-order valence-corrected chi connectivity index (χ4v) is 2.38. The summed E-state index contributed by atoms with van der Waals surface area (Å²) in [6, 6.07) is 6.41. The summed E-state index contributed by atoms with van der Waals surface area (Å²) in [5.74, 6) is 0.255. The number of nitrogens with one attached hydrogen (secondary N) is 1. The van der Waals surface area contributed by atoms with Crippen molar-refractivity contribution in [2.24, 2.45) is 0 Å². The predicted octanol–water partition coefficient (Wildman–Crippen LogP) is 3.56. The van der Waals surface area contributed by atoms with E-state index in [1.165, 1.54) is 27.7 Å². The summed E-state index contributed by atoms with van der Waals surface area (Å²) in [5, 5.41) is 1.28. The third-order valence-electron chi connectivity index (χ3n) is 3.35. The molecule has 0 amide bonds. The number of rotatable bonds is 4. The molecule has 2 rings (SSSR count). The average Bonchev–Trinajstić information content (AvgIpc) is 2.62. The molecule has 2 nitrogen and oxygen atoms in total. The van der Waals surface area contributed by atoms with Crippen LogP contribution < -0.4 is 0 Å². The third kappa shape index (κ3) is 2.26. The maximum Gasteiger partial charge on any atom is 0.130 e. The molecule has 2 aromatic rings. The van der Waals surface area contributed by atoms with Crippen molar-refractivity contribution < 1.29 is 4.79 Å². The number of carbonyl (C=O) groups excluding carboxylic acids is 1. The lowest BCUT2D eigenvalue weighted by molar-refractivity contribution is -0.116. The molecule has 1 aromatic heterocycles. The van der Waals surface area contributed by atoms with E-state index in [1.54, 1.807) is 6.92 Å². The molecule has 1 N–H and O–H groups in total. The Morgan fingerprint density at radius 3 is 2.76 bits per heavy atom. The molecule has 0 bridgehead atoms. The van der Waals surface area contributed by atoms with Gasteiger partial charge in [-0.3, -0.25) is 0 Å². The third-order valence-corrected chi connectivity index (χ3v) is 3.35. The summed E-state index contributed by atoms with van der Waals surface area (Å²) < 4.78 is 0. The van der Waals surface area contributed by atoms with Crippen molar-refractivity contribution in [3.8, 4) is 0 Å². The minimum atomic E-state index is 0.255. The second-order valence-electron chi connectivity index (χ2n) is 4.62. The lowest BCUT2D eigenvalue weighted by Crippen LogP contribution is -1.94. The van der Waals surface area contributed by atoms with Crippen molar-refractivity contribution in [3.63, 3.8) is 0 Å². The molecule has 0 atom stereocenters. The van der Waals surface area contributed by atoms with Gasteiger partial charge in [0.05, 0.1) is 0 Å². The van der Waals surface area contributed by atoms with Crippen LogP contribution in [0.4, 0.5) is 0 Å². The lowest BCUT2D eigenvalue weighted by atomic mass is 10.0. The van der Waals surface area contributed by atoms with E-state index >= 15 is 0 Å². The summed E-state index contributed by atoms with van der Waals surface area (Å²) in [6.07, 6.45) is 2.50. The van der Waals surface area contributed by atoms with E-state index in [2.05, 4.69) is 37.0 Å². The van der Waals surface area contributed by atoms with Crippen LogP contribution in [0.2, 0.25) is 0 Å². The number of aromatic amines is 1. The van der Waals surface area contributed by atoms with Gasteiger partial charge in [0.1, 0.15) is 5.78 Å². The van der Waals surface area contributed by atoms with Crippen LogP contribution in [0.1, 0.15) is 37.1 Å². The van der Waals surface area contributed by atoms with Gasteiger partial charge in [-0.2, -0.15) is 0 Å². The van der Waals surface area contributed by atoms with Gasteiger partial charge in [0.2, 0.25) is 0 Å². The second-order valence-corrected chi connectivity index (χ2v) is 4.62. The number of ketones is 1. The van der Waals surface area contributed by atoms with Gasteiger partial charge in [-0.15, -0.1) is 0 Å². The zero-order chi connectivity index (χ0) is 12.4. The number of Topliss-reactive ketones (excluding diaryl/α,β-unsaturated/α-hetero) is 1. The van der Waals surface area contributed by atoms with Gasteiger partial charge < -0.3 is 9.78 Å². The molecule has 1 aromatic carbocycles. The van der Waals surface area contributed by atoms with Gasteiger partial charge in [0, 0.05) is 23.0 Å². The Bertz CT molecular complexity index is 551. The monoisotopic (exact) mass is 229 g/mol. The number of carbonyl (C=O) groups is 1. The number of hydrogen-bond acceptors (Lipinski definition) is 1. The molecule has 0 aliphatic rings. The summed E-state index contributed by atoms with van der Waals surface area (Å²) in [6.45, 7) is 5.91. The van der Waals surface area contributed by atoms with Crippen molar-refractivity contribution in [1.82, 2.24) is 4.98 Å².